The molecular formula is C17H17FO3. The second-order valence-electron chi connectivity index (χ2n) is 5.13. The van der Waals surface area contributed by atoms with Crippen molar-refractivity contribution in [3.63, 3.8) is 0 Å². The van der Waals surface area contributed by atoms with E-state index in [9.17, 15) is 9.18 Å². The molecule has 0 aliphatic heterocycles. The molecule has 0 radical (unpaired) electrons. The summed E-state index contributed by atoms with van der Waals surface area (Å²) in [4.78, 5) is 12.1. The van der Waals surface area contributed by atoms with Crippen LogP contribution in [-0.4, -0.2) is 11.6 Å². The van der Waals surface area contributed by atoms with E-state index in [1.807, 2.05) is 30.3 Å². The third-order valence-electron chi connectivity index (χ3n) is 2.89. The molecule has 0 aliphatic rings. The highest BCUT2D eigenvalue weighted by Crippen LogP contribution is 2.20. The van der Waals surface area contributed by atoms with Gasteiger partial charge >= 0.3 is 5.97 Å². The monoisotopic (exact) mass is 288 g/mol. The van der Waals surface area contributed by atoms with Gasteiger partial charge in [-0.15, -0.1) is 0 Å². The lowest BCUT2D eigenvalue weighted by Gasteiger charge is -2.24. The van der Waals surface area contributed by atoms with Crippen LogP contribution in [0.4, 0.5) is 4.39 Å². The SMILES string of the molecule is CC(C)(Oc1ccc(F)cc1)C(=O)OCc1ccccc1. The molecule has 2 aromatic carbocycles. The smallest absolute Gasteiger partial charge is 0.350 e. The maximum absolute atomic E-state index is 12.8. The average molecular weight is 288 g/mol. The first kappa shape index (κ1) is 15.0. The number of esters is 1. The lowest BCUT2D eigenvalue weighted by molar-refractivity contribution is -0.160. The predicted octanol–water partition coefficient (Wildman–Crippen LogP) is 3.73. The van der Waals surface area contributed by atoms with Crippen molar-refractivity contribution in [1.29, 1.82) is 0 Å². The molecule has 110 valence electrons. The molecular weight excluding hydrogens is 271 g/mol. The highest BCUT2D eigenvalue weighted by molar-refractivity contribution is 5.79. The summed E-state index contributed by atoms with van der Waals surface area (Å²) in [7, 11) is 0. The molecule has 0 aromatic heterocycles. The Labute approximate surface area is 123 Å². The van der Waals surface area contributed by atoms with Gasteiger partial charge in [-0.2, -0.15) is 0 Å². The van der Waals surface area contributed by atoms with E-state index >= 15 is 0 Å². The number of ether oxygens (including phenoxy) is 2. The van der Waals surface area contributed by atoms with Crippen molar-refractivity contribution >= 4 is 5.97 Å². The van der Waals surface area contributed by atoms with Crippen LogP contribution in [0.5, 0.6) is 5.75 Å². The van der Waals surface area contributed by atoms with Crippen molar-refractivity contribution < 1.29 is 18.7 Å². The second kappa shape index (κ2) is 6.39. The highest BCUT2D eigenvalue weighted by atomic mass is 19.1. The number of benzene rings is 2. The number of hydrogen-bond acceptors (Lipinski definition) is 3. The fraction of sp³-hybridized carbons (Fsp3) is 0.235. The average Bonchev–Trinajstić information content (AvgIpc) is 2.48. The largest absolute Gasteiger partial charge is 0.476 e. The van der Waals surface area contributed by atoms with Gasteiger partial charge in [-0.05, 0) is 43.7 Å². The molecule has 3 nitrogen and oxygen atoms in total. The summed E-state index contributed by atoms with van der Waals surface area (Å²) >= 11 is 0. The Bertz CT molecular complexity index is 591. The van der Waals surface area contributed by atoms with Gasteiger partial charge in [0.05, 0.1) is 0 Å². The lowest BCUT2D eigenvalue weighted by Crippen LogP contribution is -2.39. The van der Waals surface area contributed by atoms with Gasteiger partial charge in [0, 0.05) is 0 Å². The van der Waals surface area contributed by atoms with Crippen molar-refractivity contribution in [1.82, 2.24) is 0 Å². The number of hydrogen-bond donors (Lipinski definition) is 0. The molecule has 0 unspecified atom stereocenters. The zero-order valence-electron chi connectivity index (χ0n) is 12.0. The molecule has 4 heteroatoms. The van der Waals surface area contributed by atoms with E-state index in [0.29, 0.717) is 5.75 Å². The number of rotatable bonds is 5. The van der Waals surface area contributed by atoms with Crippen LogP contribution in [0.2, 0.25) is 0 Å². The molecule has 0 bridgehead atoms. The summed E-state index contributed by atoms with van der Waals surface area (Å²) in [5.41, 5.74) is -0.240. The summed E-state index contributed by atoms with van der Waals surface area (Å²) in [6, 6.07) is 14.9. The Kier molecular flexibility index (Phi) is 4.58. The molecule has 0 spiro atoms. The van der Waals surface area contributed by atoms with Crippen LogP contribution in [0.15, 0.2) is 54.6 Å². The molecule has 0 saturated heterocycles. The van der Waals surface area contributed by atoms with Gasteiger partial charge in [0.1, 0.15) is 18.2 Å². The first-order valence-corrected chi connectivity index (χ1v) is 6.63. The second-order valence-corrected chi connectivity index (χ2v) is 5.13. The summed E-state index contributed by atoms with van der Waals surface area (Å²) in [5.74, 6) is -0.416. The van der Waals surface area contributed by atoms with Crippen LogP contribution in [0.25, 0.3) is 0 Å². The van der Waals surface area contributed by atoms with Crippen molar-refractivity contribution in [2.24, 2.45) is 0 Å². The molecule has 2 aromatic rings. The number of carbonyl (C=O) groups is 1. The van der Waals surface area contributed by atoms with Gasteiger partial charge in [-0.3, -0.25) is 0 Å². The van der Waals surface area contributed by atoms with Gasteiger partial charge < -0.3 is 9.47 Å². The third-order valence-corrected chi connectivity index (χ3v) is 2.89. The van der Waals surface area contributed by atoms with E-state index in [-0.39, 0.29) is 12.4 Å². The van der Waals surface area contributed by atoms with Crippen LogP contribution < -0.4 is 4.74 Å². The summed E-state index contributed by atoms with van der Waals surface area (Å²) in [6.45, 7) is 3.42. The van der Waals surface area contributed by atoms with Crippen LogP contribution in [0, 0.1) is 5.82 Å². The normalized spacial score (nSPS) is 11.0. The van der Waals surface area contributed by atoms with Crippen molar-refractivity contribution in [3.05, 3.63) is 66.0 Å². The minimum atomic E-state index is -1.15. The first-order chi connectivity index (χ1) is 9.97. The Balaban J connectivity index is 1.95. The van der Waals surface area contributed by atoms with Crippen LogP contribution >= 0.6 is 0 Å². The zero-order chi connectivity index (χ0) is 15.3. The quantitative estimate of drug-likeness (QED) is 0.786. The van der Waals surface area contributed by atoms with Crippen molar-refractivity contribution in [2.75, 3.05) is 0 Å². The van der Waals surface area contributed by atoms with Crippen molar-refractivity contribution in [2.45, 2.75) is 26.1 Å². The number of carbonyl (C=O) groups excluding carboxylic acids is 1. The molecule has 0 fully saturated rings. The standard InChI is InChI=1S/C17H17FO3/c1-17(2,21-15-10-8-14(18)9-11-15)16(19)20-12-13-6-4-3-5-7-13/h3-11H,12H2,1-2H3. The Morgan fingerprint density at radius 1 is 1.05 bits per heavy atom. The minimum absolute atomic E-state index is 0.190. The fourth-order valence-corrected chi connectivity index (χ4v) is 1.74. The summed E-state index contributed by atoms with van der Waals surface area (Å²) in [6.07, 6.45) is 0. The molecule has 0 atom stereocenters. The molecule has 0 amide bonds. The van der Waals surface area contributed by atoms with Crippen LogP contribution in [-0.2, 0) is 16.1 Å². The Morgan fingerprint density at radius 3 is 2.29 bits per heavy atom. The molecule has 0 heterocycles. The first-order valence-electron chi connectivity index (χ1n) is 6.63. The van der Waals surface area contributed by atoms with Crippen LogP contribution in [0.3, 0.4) is 0 Å². The minimum Gasteiger partial charge on any atom is -0.476 e. The molecule has 0 saturated carbocycles. The lowest BCUT2D eigenvalue weighted by atomic mass is 10.1. The maximum atomic E-state index is 12.8. The summed E-state index contributed by atoms with van der Waals surface area (Å²) < 4.78 is 23.7. The van der Waals surface area contributed by atoms with Gasteiger partial charge in [-0.25, -0.2) is 9.18 Å². The Morgan fingerprint density at radius 2 is 1.67 bits per heavy atom. The third kappa shape index (κ3) is 4.31. The van der Waals surface area contributed by atoms with E-state index in [1.54, 1.807) is 13.8 Å². The van der Waals surface area contributed by atoms with Gasteiger partial charge in [0.25, 0.3) is 0 Å². The van der Waals surface area contributed by atoms with Crippen molar-refractivity contribution in [3.8, 4) is 5.75 Å². The Hall–Kier alpha value is -2.36. The van der Waals surface area contributed by atoms with E-state index in [1.165, 1.54) is 24.3 Å². The zero-order valence-corrected chi connectivity index (χ0v) is 12.0. The van der Waals surface area contributed by atoms with Gasteiger partial charge in [-0.1, -0.05) is 30.3 Å². The maximum Gasteiger partial charge on any atom is 0.350 e. The van der Waals surface area contributed by atoms with Gasteiger partial charge in [0.15, 0.2) is 5.60 Å². The van der Waals surface area contributed by atoms with E-state index < -0.39 is 11.6 Å². The van der Waals surface area contributed by atoms with E-state index in [4.69, 9.17) is 9.47 Å². The number of halogens is 1. The highest BCUT2D eigenvalue weighted by Gasteiger charge is 2.31. The summed E-state index contributed by atoms with van der Waals surface area (Å²) in [5, 5.41) is 0. The topological polar surface area (TPSA) is 35.5 Å². The van der Waals surface area contributed by atoms with E-state index in [0.717, 1.165) is 5.56 Å². The fourth-order valence-electron chi connectivity index (χ4n) is 1.74. The predicted molar refractivity (Wildman–Crippen MR) is 77.3 cm³/mol. The molecule has 2 rings (SSSR count). The molecule has 0 N–H and O–H groups in total. The van der Waals surface area contributed by atoms with Gasteiger partial charge in [0.2, 0.25) is 0 Å². The molecule has 0 aliphatic carbocycles. The van der Waals surface area contributed by atoms with Crippen LogP contribution in [0.1, 0.15) is 19.4 Å². The van der Waals surface area contributed by atoms with E-state index in [2.05, 4.69) is 0 Å². The molecule has 21 heavy (non-hydrogen) atoms.